The Hall–Kier alpha value is -3.85. The van der Waals surface area contributed by atoms with Crippen LogP contribution in [-0.2, 0) is 4.84 Å². The molecule has 3 N–H and O–H groups in total. The molecule has 37 heavy (non-hydrogen) atoms. The van der Waals surface area contributed by atoms with Crippen molar-refractivity contribution in [2.24, 2.45) is 21.0 Å². The average molecular weight is 502 g/mol. The van der Waals surface area contributed by atoms with E-state index in [2.05, 4.69) is 35.8 Å². The molecule has 3 aliphatic heterocycles. The molecule has 4 heterocycles. The lowest BCUT2D eigenvalue weighted by atomic mass is 9.58. The number of fused-ring (bicyclic) bond motifs is 2. The number of aromatic hydroxyl groups is 1. The molecule has 6 rings (SSSR count). The van der Waals surface area contributed by atoms with E-state index < -0.39 is 6.09 Å². The third-order valence-corrected chi connectivity index (χ3v) is 7.71. The SMILES string of the molecule is CC(C)(C)C1N(C(=O)O)CC12CN(CCO/N=C1/C(c3c(O)[nH]c4ccccc34)=Nc3ccccc31)C2. The Balaban J connectivity index is 1.15. The van der Waals surface area contributed by atoms with E-state index in [0.717, 1.165) is 35.2 Å². The minimum Gasteiger partial charge on any atom is -0.494 e. The van der Waals surface area contributed by atoms with Gasteiger partial charge in [-0.25, -0.2) is 9.79 Å². The number of benzene rings is 2. The van der Waals surface area contributed by atoms with Crippen molar-refractivity contribution in [3.8, 4) is 5.88 Å². The van der Waals surface area contributed by atoms with Gasteiger partial charge in [-0.1, -0.05) is 62.3 Å². The molecule has 1 aromatic heterocycles. The number of hydrogen-bond acceptors (Lipinski definition) is 6. The van der Waals surface area contributed by atoms with Crippen molar-refractivity contribution in [2.45, 2.75) is 26.8 Å². The number of nitrogens with one attached hydrogen (secondary N) is 1. The quantitative estimate of drug-likeness (QED) is 0.353. The summed E-state index contributed by atoms with van der Waals surface area (Å²) in [6.07, 6.45) is -0.835. The standard InChI is InChI=1S/C28H31N5O4/c1-27(2,3)25-28(16-33(25)26(35)36)14-32(15-28)12-13-37-31-22-18-9-5-7-11-20(18)29-23(22)21-17-8-4-6-10-19(17)30-24(21)34/h4-11,25,30,34H,12-16H2,1-3H3,(H,35,36)/b31-22+. The molecule has 2 saturated heterocycles. The van der Waals surface area contributed by atoms with Crippen molar-refractivity contribution in [3.63, 3.8) is 0 Å². The molecule has 0 bridgehead atoms. The molecule has 2 aromatic carbocycles. The van der Waals surface area contributed by atoms with Crippen LogP contribution in [0.4, 0.5) is 10.5 Å². The number of amides is 1. The normalized spacial score (nSPS) is 21.6. The van der Waals surface area contributed by atoms with Crippen LogP contribution in [0, 0.1) is 10.8 Å². The summed E-state index contributed by atoms with van der Waals surface area (Å²) in [5.41, 5.74) is 4.18. The molecule has 192 valence electrons. The van der Waals surface area contributed by atoms with Crippen LogP contribution in [0.1, 0.15) is 31.9 Å². The predicted octanol–water partition coefficient (Wildman–Crippen LogP) is 4.44. The van der Waals surface area contributed by atoms with Gasteiger partial charge in [0.25, 0.3) is 0 Å². The molecule has 0 saturated carbocycles. The number of H-pyrrole nitrogens is 1. The van der Waals surface area contributed by atoms with E-state index in [1.54, 1.807) is 4.90 Å². The number of aliphatic imine (C=N–C) groups is 1. The number of aromatic amines is 1. The van der Waals surface area contributed by atoms with Crippen LogP contribution in [0.2, 0.25) is 0 Å². The fraction of sp³-hybridized carbons (Fsp3) is 0.393. The van der Waals surface area contributed by atoms with Gasteiger partial charge in [-0.2, -0.15) is 0 Å². The first-order chi connectivity index (χ1) is 17.7. The van der Waals surface area contributed by atoms with E-state index in [0.29, 0.717) is 36.7 Å². The zero-order valence-electron chi connectivity index (χ0n) is 21.2. The van der Waals surface area contributed by atoms with Crippen LogP contribution < -0.4 is 0 Å². The highest BCUT2D eigenvalue weighted by Gasteiger charge is 2.63. The minimum absolute atomic E-state index is 0.0209. The predicted molar refractivity (Wildman–Crippen MR) is 142 cm³/mol. The Kier molecular flexibility index (Phi) is 5.31. The van der Waals surface area contributed by atoms with Gasteiger partial charge < -0.3 is 24.9 Å². The molecule has 1 atom stereocenters. The number of nitrogens with zero attached hydrogens (tertiary/aromatic N) is 4. The highest BCUT2D eigenvalue weighted by Crippen LogP contribution is 2.52. The molecule has 1 unspecified atom stereocenters. The van der Waals surface area contributed by atoms with Crippen molar-refractivity contribution < 1.29 is 19.8 Å². The number of aromatic nitrogens is 1. The van der Waals surface area contributed by atoms with Crippen LogP contribution in [0.5, 0.6) is 5.88 Å². The fourth-order valence-electron chi connectivity index (χ4n) is 6.56. The van der Waals surface area contributed by atoms with E-state index in [1.807, 2.05) is 48.5 Å². The lowest BCUT2D eigenvalue weighted by Crippen LogP contribution is -2.80. The molecule has 9 heteroatoms. The monoisotopic (exact) mass is 501 g/mol. The van der Waals surface area contributed by atoms with Crippen molar-refractivity contribution in [3.05, 3.63) is 59.7 Å². The summed E-state index contributed by atoms with van der Waals surface area (Å²) in [5.74, 6) is 0.0515. The van der Waals surface area contributed by atoms with Gasteiger partial charge in [0.1, 0.15) is 18.0 Å². The van der Waals surface area contributed by atoms with Crippen LogP contribution in [0.15, 0.2) is 58.7 Å². The van der Waals surface area contributed by atoms with E-state index in [9.17, 15) is 15.0 Å². The summed E-state index contributed by atoms with van der Waals surface area (Å²) in [5, 5.41) is 25.6. The lowest BCUT2D eigenvalue weighted by molar-refractivity contribution is -0.185. The number of hydrogen-bond donors (Lipinski definition) is 3. The molecular weight excluding hydrogens is 470 g/mol. The first kappa shape index (κ1) is 23.5. The maximum atomic E-state index is 11.6. The summed E-state index contributed by atoms with van der Waals surface area (Å²) >= 11 is 0. The molecule has 9 nitrogen and oxygen atoms in total. The maximum Gasteiger partial charge on any atom is 0.407 e. The third kappa shape index (κ3) is 3.76. The number of carbonyl (C=O) groups is 1. The van der Waals surface area contributed by atoms with Gasteiger partial charge in [0.15, 0.2) is 5.88 Å². The molecule has 1 amide bonds. The summed E-state index contributed by atoms with van der Waals surface area (Å²) in [4.78, 5) is 29.1. The van der Waals surface area contributed by atoms with Crippen LogP contribution in [0.3, 0.4) is 0 Å². The van der Waals surface area contributed by atoms with Crippen LogP contribution in [0.25, 0.3) is 10.9 Å². The second kappa shape index (κ2) is 8.34. The number of likely N-dealkylation sites (tertiary alicyclic amines) is 2. The van der Waals surface area contributed by atoms with Crippen molar-refractivity contribution in [2.75, 3.05) is 32.8 Å². The van der Waals surface area contributed by atoms with E-state index >= 15 is 0 Å². The molecule has 3 aliphatic rings. The second-order valence-corrected chi connectivity index (χ2v) is 11.4. The smallest absolute Gasteiger partial charge is 0.407 e. The molecular formula is C28H31N5O4. The van der Waals surface area contributed by atoms with Gasteiger partial charge >= 0.3 is 6.09 Å². The largest absolute Gasteiger partial charge is 0.494 e. The highest BCUT2D eigenvalue weighted by molar-refractivity contribution is 6.58. The van der Waals surface area contributed by atoms with Crippen LogP contribution >= 0.6 is 0 Å². The maximum absolute atomic E-state index is 11.6. The lowest BCUT2D eigenvalue weighted by Gasteiger charge is -2.68. The Morgan fingerprint density at radius 1 is 1.16 bits per heavy atom. The summed E-state index contributed by atoms with van der Waals surface area (Å²) in [6.45, 7) is 9.75. The van der Waals surface area contributed by atoms with Gasteiger partial charge in [0.05, 0.1) is 11.3 Å². The molecule has 3 aromatic rings. The van der Waals surface area contributed by atoms with Crippen molar-refractivity contribution >= 4 is 34.1 Å². The summed E-state index contributed by atoms with van der Waals surface area (Å²) in [6, 6.07) is 15.5. The van der Waals surface area contributed by atoms with Gasteiger partial charge in [-0.05, 0) is 17.5 Å². The van der Waals surface area contributed by atoms with Crippen molar-refractivity contribution in [1.29, 1.82) is 0 Å². The molecule has 0 aliphatic carbocycles. The molecule has 0 radical (unpaired) electrons. The number of carboxylic acid groups (broad SMARTS) is 1. The number of oxime groups is 1. The zero-order chi connectivity index (χ0) is 25.9. The summed E-state index contributed by atoms with van der Waals surface area (Å²) in [7, 11) is 0. The van der Waals surface area contributed by atoms with Crippen LogP contribution in [-0.4, -0.2) is 81.3 Å². The zero-order valence-corrected chi connectivity index (χ0v) is 21.2. The molecule has 1 spiro atoms. The molecule has 2 fully saturated rings. The Morgan fingerprint density at radius 2 is 1.89 bits per heavy atom. The van der Waals surface area contributed by atoms with Gasteiger partial charge in [0, 0.05) is 54.1 Å². The second-order valence-electron chi connectivity index (χ2n) is 11.4. The Morgan fingerprint density at radius 3 is 2.65 bits per heavy atom. The Bertz CT molecular complexity index is 1440. The first-order valence-electron chi connectivity index (χ1n) is 12.6. The number of rotatable bonds is 5. The minimum atomic E-state index is -0.835. The highest BCUT2D eigenvalue weighted by atomic mass is 16.6. The van der Waals surface area contributed by atoms with E-state index in [-0.39, 0.29) is 22.8 Å². The van der Waals surface area contributed by atoms with Gasteiger partial charge in [-0.3, -0.25) is 4.90 Å². The average Bonchev–Trinajstić information content (AvgIpc) is 3.31. The van der Waals surface area contributed by atoms with E-state index in [4.69, 9.17) is 9.83 Å². The number of para-hydroxylation sites is 2. The third-order valence-electron chi connectivity index (χ3n) is 7.71. The topological polar surface area (TPSA) is 114 Å². The fourth-order valence-corrected chi connectivity index (χ4v) is 6.56. The summed E-state index contributed by atoms with van der Waals surface area (Å²) < 4.78 is 0. The van der Waals surface area contributed by atoms with Gasteiger partial charge in [-0.15, -0.1) is 0 Å². The first-order valence-corrected chi connectivity index (χ1v) is 12.6. The Labute approximate surface area is 215 Å². The van der Waals surface area contributed by atoms with Crippen molar-refractivity contribution in [1.82, 2.24) is 14.8 Å². The van der Waals surface area contributed by atoms with Gasteiger partial charge in [0.2, 0.25) is 0 Å². The van der Waals surface area contributed by atoms with E-state index in [1.165, 1.54) is 0 Å².